The minimum absolute atomic E-state index is 0.283. The second-order valence-electron chi connectivity index (χ2n) is 4.62. The Bertz CT molecular complexity index is 850. The molecule has 0 spiro atoms. The van der Waals surface area contributed by atoms with E-state index in [0.717, 1.165) is 16.5 Å². The third-order valence-electron chi connectivity index (χ3n) is 3.19. The van der Waals surface area contributed by atoms with Crippen LogP contribution in [0.3, 0.4) is 0 Å². The highest BCUT2D eigenvalue weighted by Gasteiger charge is 2.07. The first-order chi connectivity index (χ1) is 10.2. The predicted molar refractivity (Wildman–Crippen MR) is 80.0 cm³/mol. The van der Waals surface area contributed by atoms with Crippen LogP contribution in [0.1, 0.15) is 15.9 Å². The summed E-state index contributed by atoms with van der Waals surface area (Å²) in [5, 5.41) is 3.83. The molecule has 3 aromatic rings. The van der Waals surface area contributed by atoms with E-state index in [2.05, 4.69) is 15.3 Å². The van der Waals surface area contributed by atoms with Crippen LogP contribution in [-0.4, -0.2) is 15.9 Å². The van der Waals surface area contributed by atoms with Crippen LogP contribution in [-0.2, 0) is 6.54 Å². The number of amides is 1. The lowest BCUT2D eigenvalue weighted by Crippen LogP contribution is -2.24. The van der Waals surface area contributed by atoms with Crippen LogP contribution in [0, 0.1) is 0 Å². The lowest BCUT2D eigenvalue weighted by molar-refractivity contribution is 0.0951. The van der Waals surface area contributed by atoms with Gasteiger partial charge in [-0.3, -0.25) is 14.6 Å². The summed E-state index contributed by atoms with van der Waals surface area (Å²) in [5.41, 5.74) is 1.85. The van der Waals surface area contributed by atoms with E-state index in [-0.39, 0.29) is 11.5 Å². The number of aromatic amines is 1. The Balaban J connectivity index is 1.81. The Kier molecular flexibility index (Phi) is 3.47. The second-order valence-corrected chi connectivity index (χ2v) is 4.62. The van der Waals surface area contributed by atoms with Crippen LogP contribution < -0.4 is 10.9 Å². The van der Waals surface area contributed by atoms with E-state index in [1.807, 2.05) is 30.3 Å². The van der Waals surface area contributed by atoms with Gasteiger partial charge in [0.05, 0.1) is 5.52 Å². The maximum atomic E-state index is 12.0. The molecule has 0 saturated heterocycles. The van der Waals surface area contributed by atoms with Crippen molar-refractivity contribution in [3.8, 4) is 0 Å². The quantitative estimate of drug-likeness (QED) is 0.768. The van der Waals surface area contributed by atoms with Gasteiger partial charge in [0.2, 0.25) is 5.56 Å². The molecule has 1 aromatic carbocycles. The van der Waals surface area contributed by atoms with E-state index in [1.165, 1.54) is 12.3 Å². The Morgan fingerprint density at radius 2 is 2.05 bits per heavy atom. The third-order valence-corrected chi connectivity index (χ3v) is 3.19. The monoisotopic (exact) mass is 279 g/mol. The molecule has 0 radical (unpaired) electrons. The predicted octanol–water partition coefficient (Wildman–Crippen LogP) is 1.85. The maximum Gasteiger partial charge on any atom is 0.251 e. The number of pyridine rings is 2. The second kappa shape index (κ2) is 5.58. The van der Waals surface area contributed by atoms with Crippen LogP contribution in [0.25, 0.3) is 10.9 Å². The van der Waals surface area contributed by atoms with Gasteiger partial charge in [-0.2, -0.15) is 0 Å². The smallest absolute Gasteiger partial charge is 0.251 e. The molecule has 1 amide bonds. The van der Waals surface area contributed by atoms with Gasteiger partial charge >= 0.3 is 0 Å². The molecule has 0 aliphatic carbocycles. The molecule has 0 aliphatic heterocycles. The van der Waals surface area contributed by atoms with Crippen LogP contribution in [0.4, 0.5) is 0 Å². The van der Waals surface area contributed by atoms with E-state index in [1.54, 1.807) is 12.3 Å². The number of benzene rings is 1. The van der Waals surface area contributed by atoms with Crippen LogP contribution in [0.2, 0.25) is 0 Å². The van der Waals surface area contributed by atoms with Crippen molar-refractivity contribution < 1.29 is 4.79 Å². The Morgan fingerprint density at radius 1 is 1.19 bits per heavy atom. The van der Waals surface area contributed by atoms with E-state index in [9.17, 15) is 9.59 Å². The van der Waals surface area contributed by atoms with Gasteiger partial charge in [-0.1, -0.05) is 24.3 Å². The average molecular weight is 279 g/mol. The lowest BCUT2D eigenvalue weighted by Gasteiger charge is -2.07. The van der Waals surface area contributed by atoms with Crippen molar-refractivity contribution in [3.63, 3.8) is 0 Å². The highest BCUT2D eigenvalue weighted by molar-refractivity contribution is 5.94. The van der Waals surface area contributed by atoms with E-state index in [4.69, 9.17) is 0 Å². The number of nitrogens with zero attached hydrogens (tertiary/aromatic N) is 1. The molecule has 2 aromatic heterocycles. The van der Waals surface area contributed by atoms with E-state index in [0.29, 0.717) is 12.1 Å². The molecule has 2 heterocycles. The zero-order valence-electron chi connectivity index (χ0n) is 11.2. The number of fused-ring (bicyclic) bond motifs is 1. The summed E-state index contributed by atoms with van der Waals surface area (Å²) in [7, 11) is 0. The fourth-order valence-corrected chi connectivity index (χ4v) is 2.17. The number of carbonyl (C=O) groups is 1. The molecule has 0 saturated carbocycles. The number of H-pyrrole nitrogens is 1. The van der Waals surface area contributed by atoms with Gasteiger partial charge in [-0.25, -0.2) is 0 Å². The van der Waals surface area contributed by atoms with Crippen molar-refractivity contribution in [1.82, 2.24) is 15.3 Å². The number of para-hydroxylation sites is 1. The summed E-state index contributed by atoms with van der Waals surface area (Å²) in [6, 6.07) is 12.5. The summed E-state index contributed by atoms with van der Waals surface area (Å²) >= 11 is 0. The van der Waals surface area contributed by atoms with E-state index < -0.39 is 0 Å². The fourth-order valence-electron chi connectivity index (χ4n) is 2.17. The van der Waals surface area contributed by atoms with Gasteiger partial charge in [-0.15, -0.1) is 0 Å². The molecule has 0 aliphatic rings. The maximum absolute atomic E-state index is 12.0. The summed E-state index contributed by atoms with van der Waals surface area (Å²) in [4.78, 5) is 30.0. The van der Waals surface area contributed by atoms with Gasteiger partial charge in [0.25, 0.3) is 5.91 Å². The summed E-state index contributed by atoms with van der Waals surface area (Å²) in [6.45, 7) is 0.361. The molecule has 21 heavy (non-hydrogen) atoms. The normalized spacial score (nSPS) is 10.5. The van der Waals surface area contributed by atoms with Crippen molar-refractivity contribution in [3.05, 3.63) is 76.3 Å². The third kappa shape index (κ3) is 2.81. The van der Waals surface area contributed by atoms with Gasteiger partial charge < -0.3 is 10.3 Å². The first-order valence-corrected chi connectivity index (χ1v) is 6.53. The molecule has 0 atom stereocenters. The molecular formula is C16H13N3O2. The number of aromatic nitrogens is 2. The van der Waals surface area contributed by atoms with Crippen LogP contribution >= 0.6 is 0 Å². The molecule has 104 valence electrons. The van der Waals surface area contributed by atoms with Gasteiger partial charge in [0.1, 0.15) is 0 Å². The molecule has 2 N–H and O–H groups in total. The largest absolute Gasteiger partial charge is 0.348 e. The van der Waals surface area contributed by atoms with Crippen LogP contribution in [0.15, 0.2) is 59.7 Å². The first kappa shape index (κ1) is 13.1. The van der Waals surface area contributed by atoms with E-state index >= 15 is 0 Å². The Hall–Kier alpha value is -2.95. The number of rotatable bonds is 3. The standard InChI is InChI=1S/C16H13N3O2/c20-14-9-12(6-8-17-14)16(21)19-10-13-4-1-3-11-5-2-7-18-15(11)13/h1-9H,10H2,(H,17,20)(H,19,21). The zero-order chi connectivity index (χ0) is 14.7. The number of carbonyl (C=O) groups excluding carboxylic acids is 1. The Labute approximate surface area is 120 Å². The highest BCUT2D eigenvalue weighted by atomic mass is 16.2. The molecular weight excluding hydrogens is 266 g/mol. The molecule has 5 heteroatoms. The molecule has 0 fully saturated rings. The van der Waals surface area contributed by atoms with Gasteiger partial charge in [-0.05, 0) is 17.7 Å². The van der Waals surface area contributed by atoms with Gasteiger partial charge in [0, 0.05) is 36.0 Å². The van der Waals surface area contributed by atoms with Crippen LogP contribution in [0.5, 0.6) is 0 Å². The number of nitrogens with one attached hydrogen (secondary N) is 2. The molecule has 5 nitrogen and oxygen atoms in total. The first-order valence-electron chi connectivity index (χ1n) is 6.53. The number of hydrogen-bond acceptors (Lipinski definition) is 3. The summed E-state index contributed by atoms with van der Waals surface area (Å²) in [6.07, 6.45) is 3.18. The Morgan fingerprint density at radius 3 is 2.90 bits per heavy atom. The average Bonchev–Trinajstić information content (AvgIpc) is 2.52. The summed E-state index contributed by atoms with van der Waals surface area (Å²) < 4.78 is 0. The highest BCUT2D eigenvalue weighted by Crippen LogP contribution is 2.15. The van der Waals surface area contributed by atoms with Crippen molar-refractivity contribution in [2.75, 3.05) is 0 Å². The van der Waals surface area contributed by atoms with Crippen molar-refractivity contribution in [1.29, 1.82) is 0 Å². The number of hydrogen-bond donors (Lipinski definition) is 2. The minimum Gasteiger partial charge on any atom is -0.348 e. The minimum atomic E-state index is -0.297. The van der Waals surface area contributed by atoms with Gasteiger partial charge in [0.15, 0.2) is 0 Å². The zero-order valence-corrected chi connectivity index (χ0v) is 11.2. The molecule has 0 bridgehead atoms. The lowest BCUT2D eigenvalue weighted by atomic mass is 10.1. The summed E-state index contributed by atoms with van der Waals surface area (Å²) in [5.74, 6) is -0.283. The molecule has 3 rings (SSSR count). The van der Waals surface area contributed by atoms with Crippen molar-refractivity contribution in [2.45, 2.75) is 6.54 Å². The van der Waals surface area contributed by atoms with Crippen molar-refractivity contribution in [2.24, 2.45) is 0 Å². The fraction of sp³-hybridized carbons (Fsp3) is 0.0625. The van der Waals surface area contributed by atoms with Crippen molar-refractivity contribution >= 4 is 16.8 Å². The molecule has 0 unspecified atom stereocenters. The SMILES string of the molecule is O=C(NCc1cccc2cccnc12)c1cc[nH]c(=O)c1. The topological polar surface area (TPSA) is 74.8 Å².